The molecule has 1 N–H and O–H groups in total. The van der Waals surface area contributed by atoms with Crippen LogP contribution in [0.2, 0.25) is 0 Å². The Morgan fingerprint density at radius 3 is 2.63 bits per heavy atom. The van der Waals surface area contributed by atoms with Gasteiger partial charge in [-0.15, -0.1) is 0 Å². The standard InChI is InChI=1S/C14H12N2O3/c17-12-7-6-11(14(19)15-12)16-10-4-2-1-3-9(10)5-8-13(16)18/h1-5,8,11H,6-7H2,(H,15,17,19). The van der Waals surface area contributed by atoms with Crippen LogP contribution in [0.15, 0.2) is 41.2 Å². The number of piperidine rings is 1. The molecule has 1 aromatic heterocycles. The first kappa shape index (κ1) is 11.6. The zero-order valence-corrected chi connectivity index (χ0v) is 10.1. The summed E-state index contributed by atoms with van der Waals surface area (Å²) in [5, 5.41) is 3.18. The molecule has 19 heavy (non-hydrogen) atoms. The number of fused-ring (bicyclic) bond motifs is 1. The van der Waals surface area contributed by atoms with Gasteiger partial charge < -0.3 is 0 Å². The highest BCUT2D eigenvalue weighted by Gasteiger charge is 2.29. The summed E-state index contributed by atoms with van der Waals surface area (Å²) in [6.45, 7) is 0. The van der Waals surface area contributed by atoms with Gasteiger partial charge >= 0.3 is 0 Å². The van der Waals surface area contributed by atoms with E-state index in [4.69, 9.17) is 0 Å². The zero-order chi connectivity index (χ0) is 13.4. The Labute approximate surface area is 108 Å². The molecule has 0 bridgehead atoms. The van der Waals surface area contributed by atoms with Gasteiger partial charge in [0.1, 0.15) is 6.04 Å². The summed E-state index contributed by atoms with van der Waals surface area (Å²) in [6.07, 6.45) is 0.616. The van der Waals surface area contributed by atoms with E-state index in [1.807, 2.05) is 18.2 Å². The number of amides is 2. The molecule has 0 saturated carbocycles. The van der Waals surface area contributed by atoms with E-state index < -0.39 is 11.9 Å². The highest BCUT2D eigenvalue weighted by atomic mass is 16.2. The number of rotatable bonds is 1. The number of benzene rings is 1. The molecular formula is C14H12N2O3. The summed E-state index contributed by atoms with van der Waals surface area (Å²) in [5.41, 5.74) is 0.484. The van der Waals surface area contributed by atoms with Gasteiger partial charge in [0, 0.05) is 12.5 Å². The number of carbonyl (C=O) groups excluding carboxylic acids is 2. The minimum absolute atomic E-state index is 0.229. The van der Waals surface area contributed by atoms with E-state index in [2.05, 4.69) is 5.32 Å². The number of para-hydroxylation sites is 1. The Bertz CT molecular complexity index is 733. The second-order valence-electron chi connectivity index (χ2n) is 4.57. The zero-order valence-electron chi connectivity index (χ0n) is 10.1. The molecule has 0 spiro atoms. The van der Waals surface area contributed by atoms with Gasteiger partial charge in [-0.25, -0.2) is 0 Å². The third-order valence-corrected chi connectivity index (χ3v) is 3.36. The van der Waals surface area contributed by atoms with Crippen LogP contribution in [0.4, 0.5) is 0 Å². The lowest BCUT2D eigenvalue weighted by atomic mass is 10.0. The first-order chi connectivity index (χ1) is 9.16. The van der Waals surface area contributed by atoms with Gasteiger partial charge in [0.25, 0.3) is 5.56 Å². The van der Waals surface area contributed by atoms with Crippen molar-refractivity contribution in [2.45, 2.75) is 18.9 Å². The van der Waals surface area contributed by atoms with Crippen molar-refractivity contribution < 1.29 is 9.59 Å². The Kier molecular flexibility index (Phi) is 2.67. The first-order valence-electron chi connectivity index (χ1n) is 6.11. The molecule has 1 fully saturated rings. The van der Waals surface area contributed by atoms with Crippen molar-refractivity contribution in [2.24, 2.45) is 0 Å². The number of pyridine rings is 1. The van der Waals surface area contributed by atoms with E-state index in [1.165, 1.54) is 10.6 Å². The van der Waals surface area contributed by atoms with E-state index in [0.29, 0.717) is 11.9 Å². The highest BCUT2D eigenvalue weighted by Crippen LogP contribution is 2.21. The van der Waals surface area contributed by atoms with Crippen LogP contribution < -0.4 is 10.9 Å². The number of nitrogens with zero attached hydrogens (tertiary/aromatic N) is 1. The van der Waals surface area contributed by atoms with Crippen molar-refractivity contribution in [3.8, 4) is 0 Å². The van der Waals surface area contributed by atoms with Crippen LogP contribution in [0.25, 0.3) is 10.9 Å². The van der Waals surface area contributed by atoms with Crippen molar-refractivity contribution in [2.75, 3.05) is 0 Å². The van der Waals surface area contributed by atoms with Crippen molar-refractivity contribution in [1.29, 1.82) is 0 Å². The lowest BCUT2D eigenvalue weighted by Gasteiger charge is -2.24. The van der Waals surface area contributed by atoms with Gasteiger partial charge in [-0.3, -0.25) is 24.3 Å². The van der Waals surface area contributed by atoms with Crippen molar-refractivity contribution in [1.82, 2.24) is 9.88 Å². The molecule has 1 atom stereocenters. The molecule has 1 saturated heterocycles. The molecule has 1 unspecified atom stereocenters. The molecule has 96 valence electrons. The smallest absolute Gasteiger partial charge is 0.251 e. The van der Waals surface area contributed by atoms with Gasteiger partial charge in [0.05, 0.1) is 5.52 Å². The second-order valence-corrected chi connectivity index (χ2v) is 4.57. The van der Waals surface area contributed by atoms with Gasteiger partial charge in [-0.2, -0.15) is 0 Å². The van der Waals surface area contributed by atoms with E-state index >= 15 is 0 Å². The van der Waals surface area contributed by atoms with E-state index in [9.17, 15) is 14.4 Å². The maximum absolute atomic E-state index is 12.1. The number of hydrogen-bond acceptors (Lipinski definition) is 3. The average molecular weight is 256 g/mol. The van der Waals surface area contributed by atoms with Crippen LogP contribution in [0.3, 0.4) is 0 Å². The second kappa shape index (κ2) is 4.35. The molecule has 2 heterocycles. The number of imide groups is 1. The topological polar surface area (TPSA) is 68.2 Å². The van der Waals surface area contributed by atoms with Crippen LogP contribution in [0.5, 0.6) is 0 Å². The lowest BCUT2D eigenvalue weighted by Crippen LogP contribution is -2.44. The normalized spacial score (nSPS) is 19.5. The SMILES string of the molecule is O=C1CCC(n2c(=O)ccc3ccccc32)C(=O)N1. The number of hydrogen-bond donors (Lipinski definition) is 1. The largest absolute Gasteiger partial charge is 0.296 e. The van der Waals surface area contributed by atoms with Crippen LogP contribution in [-0.2, 0) is 9.59 Å². The summed E-state index contributed by atoms with van der Waals surface area (Å²) < 4.78 is 1.47. The molecule has 5 nitrogen and oxygen atoms in total. The van der Waals surface area contributed by atoms with Crippen LogP contribution in [-0.4, -0.2) is 16.4 Å². The van der Waals surface area contributed by atoms with Gasteiger partial charge in [0.2, 0.25) is 11.8 Å². The van der Waals surface area contributed by atoms with Crippen LogP contribution >= 0.6 is 0 Å². The maximum atomic E-state index is 12.1. The van der Waals surface area contributed by atoms with Gasteiger partial charge in [-0.1, -0.05) is 18.2 Å². The number of carbonyl (C=O) groups is 2. The summed E-state index contributed by atoms with van der Waals surface area (Å²) in [5.74, 6) is -0.691. The third-order valence-electron chi connectivity index (χ3n) is 3.36. The molecule has 2 aromatic rings. The summed E-state index contributed by atoms with van der Waals surface area (Å²) in [7, 11) is 0. The Hall–Kier alpha value is -2.43. The predicted octanol–water partition coefficient (Wildman–Crippen LogP) is 0.979. The Morgan fingerprint density at radius 1 is 1.05 bits per heavy atom. The van der Waals surface area contributed by atoms with Crippen LogP contribution in [0, 0.1) is 0 Å². The van der Waals surface area contributed by atoms with E-state index in [-0.39, 0.29) is 17.9 Å². The quantitative estimate of drug-likeness (QED) is 0.773. The monoisotopic (exact) mass is 256 g/mol. The number of aromatic nitrogens is 1. The highest BCUT2D eigenvalue weighted by molar-refractivity contribution is 6.00. The molecule has 3 rings (SSSR count). The molecule has 5 heteroatoms. The fourth-order valence-corrected chi connectivity index (χ4v) is 2.46. The predicted molar refractivity (Wildman–Crippen MR) is 69.6 cm³/mol. The molecule has 0 radical (unpaired) electrons. The average Bonchev–Trinajstić information content (AvgIpc) is 2.40. The van der Waals surface area contributed by atoms with E-state index in [1.54, 1.807) is 12.1 Å². The molecular weight excluding hydrogens is 244 g/mol. The van der Waals surface area contributed by atoms with Crippen LogP contribution in [0.1, 0.15) is 18.9 Å². The molecule has 1 aliphatic rings. The fourth-order valence-electron chi connectivity index (χ4n) is 2.46. The maximum Gasteiger partial charge on any atom is 0.251 e. The summed E-state index contributed by atoms with van der Waals surface area (Å²) in [6, 6.07) is 9.96. The van der Waals surface area contributed by atoms with E-state index in [0.717, 1.165) is 5.39 Å². The van der Waals surface area contributed by atoms with Gasteiger partial charge in [0.15, 0.2) is 0 Å². The molecule has 1 aliphatic heterocycles. The first-order valence-corrected chi connectivity index (χ1v) is 6.11. The molecule has 1 aromatic carbocycles. The summed E-state index contributed by atoms with van der Waals surface area (Å²) in [4.78, 5) is 35.1. The van der Waals surface area contributed by atoms with Crippen molar-refractivity contribution in [3.05, 3.63) is 46.8 Å². The minimum Gasteiger partial charge on any atom is -0.296 e. The van der Waals surface area contributed by atoms with Gasteiger partial charge in [-0.05, 0) is 23.9 Å². The minimum atomic E-state index is -0.615. The van der Waals surface area contributed by atoms with Crippen molar-refractivity contribution in [3.63, 3.8) is 0 Å². The van der Waals surface area contributed by atoms with Crippen molar-refractivity contribution >= 4 is 22.7 Å². The fraction of sp³-hybridized carbons (Fsp3) is 0.214. The third kappa shape index (κ3) is 1.93. The Balaban J connectivity index is 2.19. The lowest BCUT2D eigenvalue weighted by molar-refractivity contribution is -0.135. The number of nitrogens with one attached hydrogen (secondary N) is 1. The molecule has 2 amide bonds. The Morgan fingerprint density at radius 2 is 1.84 bits per heavy atom. The molecule has 0 aliphatic carbocycles. The summed E-state index contributed by atoms with van der Waals surface area (Å²) >= 11 is 0.